The third-order valence-electron chi connectivity index (χ3n) is 5.48. The molecule has 0 spiro atoms. The van der Waals surface area contributed by atoms with E-state index in [9.17, 15) is 22.8 Å². The first-order valence-corrected chi connectivity index (χ1v) is 13.0. The summed E-state index contributed by atoms with van der Waals surface area (Å²) in [6.45, 7) is -0.496. The van der Waals surface area contributed by atoms with Gasteiger partial charge in [0.2, 0.25) is 0 Å². The van der Waals surface area contributed by atoms with Gasteiger partial charge in [-0.15, -0.1) is 11.3 Å². The zero-order valence-electron chi connectivity index (χ0n) is 17.3. The summed E-state index contributed by atoms with van der Waals surface area (Å²) in [4.78, 5) is 38.8. The summed E-state index contributed by atoms with van der Waals surface area (Å²) in [6, 6.07) is 8.94. The molecule has 0 fully saturated rings. The number of fused-ring (bicyclic) bond motifs is 1. The van der Waals surface area contributed by atoms with Gasteiger partial charge in [0.1, 0.15) is 5.00 Å². The van der Waals surface area contributed by atoms with Crippen LogP contribution in [0.5, 0.6) is 0 Å². The summed E-state index contributed by atoms with van der Waals surface area (Å²) in [5, 5.41) is 4.33. The molecule has 9 heteroatoms. The molecular formula is C23H23NO6S2. The van der Waals surface area contributed by atoms with Crippen molar-refractivity contribution in [3.63, 3.8) is 0 Å². The Hall–Kier alpha value is -2.78. The van der Waals surface area contributed by atoms with Crippen LogP contribution in [0, 0.1) is 5.92 Å². The molecule has 0 saturated carbocycles. The minimum absolute atomic E-state index is 0.103. The van der Waals surface area contributed by atoms with Crippen molar-refractivity contribution in [2.24, 2.45) is 5.92 Å². The predicted molar refractivity (Wildman–Crippen MR) is 121 cm³/mol. The second-order valence-corrected chi connectivity index (χ2v) is 11.0. The van der Waals surface area contributed by atoms with E-state index in [4.69, 9.17) is 4.74 Å². The number of amides is 1. The van der Waals surface area contributed by atoms with Crippen LogP contribution in [0.2, 0.25) is 0 Å². The molecule has 0 bridgehead atoms. The number of carbonyl (C=O) groups excluding carboxylic acids is 3. The van der Waals surface area contributed by atoms with E-state index in [0.29, 0.717) is 16.1 Å². The van der Waals surface area contributed by atoms with E-state index in [0.717, 1.165) is 41.5 Å². The average molecular weight is 474 g/mol. The van der Waals surface area contributed by atoms with Gasteiger partial charge in [0.25, 0.3) is 5.91 Å². The third-order valence-corrected chi connectivity index (χ3v) is 8.16. The quantitative estimate of drug-likeness (QED) is 0.489. The molecule has 4 rings (SSSR count). The van der Waals surface area contributed by atoms with Gasteiger partial charge in [0, 0.05) is 21.8 Å². The fraction of sp³-hybridized carbons (Fsp3) is 0.348. The largest absolute Gasteiger partial charge is 0.456 e. The van der Waals surface area contributed by atoms with Crippen LogP contribution in [0.15, 0.2) is 41.8 Å². The van der Waals surface area contributed by atoms with Gasteiger partial charge in [-0.1, -0.05) is 36.4 Å². The van der Waals surface area contributed by atoms with Crippen LogP contribution in [0.25, 0.3) is 0 Å². The van der Waals surface area contributed by atoms with Crippen molar-refractivity contribution in [1.82, 2.24) is 0 Å². The van der Waals surface area contributed by atoms with Crippen molar-refractivity contribution in [3.8, 4) is 0 Å². The summed E-state index contributed by atoms with van der Waals surface area (Å²) in [5.41, 5.74) is 2.08. The number of benzene rings is 1. The lowest BCUT2D eigenvalue weighted by molar-refractivity contribution is -0.147. The molecule has 2 heterocycles. The Morgan fingerprint density at radius 1 is 1.09 bits per heavy atom. The van der Waals surface area contributed by atoms with Crippen molar-refractivity contribution in [2.45, 2.75) is 32.1 Å². The Morgan fingerprint density at radius 3 is 2.56 bits per heavy atom. The molecule has 1 N–H and O–H groups in total. The molecule has 2 aliphatic rings. The van der Waals surface area contributed by atoms with Gasteiger partial charge in [-0.3, -0.25) is 14.4 Å². The van der Waals surface area contributed by atoms with Gasteiger partial charge in [0.15, 0.2) is 22.2 Å². The average Bonchev–Trinajstić information content (AvgIpc) is 3.31. The molecule has 1 aliphatic heterocycles. The van der Waals surface area contributed by atoms with Gasteiger partial charge < -0.3 is 10.1 Å². The molecule has 168 valence electrons. The van der Waals surface area contributed by atoms with Gasteiger partial charge in [-0.2, -0.15) is 0 Å². The molecule has 2 aromatic rings. The van der Waals surface area contributed by atoms with Gasteiger partial charge >= 0.3 is 5.97 Å². The van der Waals surface area contributed by atoms with Crippen LogP contribution in [-0.2, 0) is 37.0 Å². The topological polar surface area (TPSA) is 107 Å². The number of hydrogen-bond acceptors (Lipinski definition) is 7. The van der Waals surface area contributed by atoms with Crippen LogP contribution < -0.4 is 5.32 Å². The summed E-state index contributed by atoms with van der Waals surface area (Å²) in [5.74, 6) is -1.87. The number of carbonyl (C=O) groups is 3. The van der Waals surface area contributed by atoms with Gasteiger partial charge in [-0.25, -0.2) is 8.42 Å². The third kappa shape index (κ3) is 5.16. The number of esters is 1. The zero-order valence-corrected chi connectivity index (χ0v) is 19.0. The molecule has 1 aromatic heterocycles. The van der Waals surface area contributed by atoms with E-state index in [-0.39, 0.29) is 18.0 Å². The van der Waals surface area contributed by atoms with Crippen LogP contribution in [-0.4, -0.2) is 38.4 Å². The van der Waals surface area contributed by atoms with E-state index < -0.39 is 34.2 Å². The maximum absolute atomic E-state index is 13.2. The highest BCUT2D eigenvalue weighted by Gasteiger charge is 2.28. The molecule has 1 amide bonds. The molecule has 1 aromatic carbocycles. The number of hydrogen-bond donors (Lipinski definition) is 1. The highest BCUT2D eigenvalue weighted by atomic mass is 32.2. The van der Waals surface area contributed by atoms with Gasteiger partial charge in [-0.05, 0) is 31.2 Å². The normalized spacial score (nSPS) is 18.7. The Kier molecular flexibility index (Phi) is 6.57. The molecule has 7 nitrogen and oxygen atoms in total. The fourth-order valence-corrected chi connectivity index (χ4v) is 6.68. The number of thiophene rings is 1. The van der Waals surface area contributed by atoms with Gasteiger partial charge in [0.05, 0.1) is 17.7 Å². The van der Waals surface area contributed by atoms with Crippen molar-refractivity contribution in [3.05, 3.63) is 63.4 Å². The predicted octanol–water partition coefficient (Wildman–Crippen LogP) is 3.29. The Morgan fingerprint density at radius 2 is 1.84 bits per heavy atom. The van der Waals surface area contributed by atoms with Crippen LogP contribution in [0.1, 0.15) is 45.6 Å². The molecule has 0 saturated heterocycles. The number of rotatable bonds is 7. The lowest BCUT2D eigenvalue weighted by atomic mass is 9.92. The summed E-state index contributed by atoms with van der Waals surface area (Å²) in [7, 11) is -3.25. The number of nitrogens with one attached hydrogen (secondary N) is 1. The Labute approximate surface area is 190 Å². The van der Waals surface area contributed by atoms with Crippen LogP contribution >= 0.6 is 11.3 Å². The lowest BCUT2D eigenvalue weighted by Crippen LogP contribution is -2.23. The summed E-state index contributed by atoms with van der Waals surface area (Å²) >= 11 is 1.40. The highest BCUT2D eigenvalue weighted by Crippen LogP contribution is 2.39. The smallest absolute Gasteiger partial charge is 0.306 e. The minimum Gasteiger partial charge on any atom is -0.456 e. The maximum Gasteiger partial charge on any atom is 0.306 e. The number of aryl methyl sites for hydroxylation is 1. The van der Waals surface area contributed by atoms with Crippen molar-refractivity contribution in [1.29, 1.82) is 0 Å². The molecule has 0 radical (unpaired) electrons. The second kappa shape index (κ2) is 9.38. The Balaban J connectivity index is 1.43. The number of anilines is 1. The summed E-state index contributed by atoms with van der Waals surface area (Å²) in [6.07, 6.45) is 5.07. The first kappa shape index (κ1) is 22.4. The Bertz CT molecular complexity index is 1180. The van der Waals surface area contributed by atoms with Crippen molar-refractivity contribution in [2.75, 3.05) is 17.7 Å². The first-order valence-electron chi connectivity index (χ1n) is 10.4. The second-order valence-electron chi connectivity index (χ2n) is 7.94. The number of ether oxygens (including phenoxy) is 1. The number of sulfone groups is 1. The minimum atomic E-state index is -3.25. The summed E-state index contributed by atoms with van der Waals surface area (Å²) < 4.78 is 27.9. The molecule has 1 aliphatic carbocycles. The van der Waals surface area contributed by atoms with E-state index in [1.807, 2.05) is 6.07 Å². The fourth-order valence-electron chi connectivity index (χ4n) is 3.98. The zero-order chi connectivity index (χ0) is 22.7. The van der Waals surface area contributed by atoms with E-state index in [1.165, 1.54) is 17.4 Å². The SMILES string of the molecule is O=C(COC(=O)CC1C=CS(=O)(=O)C1)Nc1sc2c(c1C(=O)c1ccccc1)CCCC2. The monoisotopic (exact) mass is 473 g/mol. The highest BCUT2D eigenvalue weighted by molar-refractivity contribution is 7.94. The number of ketones is 1. The number of allylic oxidation sites excluding steroid dienone is 1. The molecule has 1 unspecified atom stereocenters. The van der Waals surface area contributed by atoms with E-state index in [1.54, 1.807) is 24.3 Å². The molecular weight excluding hydrogens is 450 g/mol. The van der Waals surface area contributed by atoms with E-state index >= 15 is 0 Å². The van der Waals surface area contributed by atoms with Crippen LogP contribution in [0.3, 0.4) is 0 Å². The van der Waals surface area contributed by atoms with Crippen molar-refractivity contribution < 1.29 is 27.5 Å². The lowest BCUT2D eigenvalue weighted by Gasteiger charge is -2.13. The van der Waals surface area contributed by atoms with Crippen LogP contribution in [0.4, 0.5) is 5.00 Å². The van der Waals surface area contributed by atoms with Crippen molar-refractivity contribution >= 4 is 43.8 Å². The molecule has 32 heavy (non-hydrogen) atoms. The molecule has 1 atom stereocenters. The standard InChI is InChI=1S/C23H23NO6S2/c25-19(13-30-20(26)12-15-10-11-32(28,29)14-15)24-23-21(17-8-4-5-9-18(17)31-23)22(27)16-6-2-1-3-7-16/h1-3,6-7,10-11,15H,4-5,8-9,12-14H2,(H,24,25). The van der Waals surface area contributed by atoms with E-state index in [2.05, 4.69) is 5.32 Å². The first-order chi connectivity index (χ1) is 15.3. The maximum atomic E-state index is 13.2.